The Balaban J connectivity index is 3.17. The van der Waals surface area contributed by atoms with Crippen molar-refractivity contribution in [2.75, 3.05) is 21.1 Å². The van der Waals surface area contributed by atoms with E-state index >= 15 is 0 Å². The zero-order valence-corrected chi connectivity index (χ0v) is 5.29. The number of halogens is 1. The summed E-state index contributed by atoms with van der Waals surface area (Å²) in [6.45, 7) is 0.681. The molecule has 3 heteroatoms. The fraction of sp³-hybridized carbons (Fsp3) is 1.00. The summed E-state index contributed by atoms with van der Waals surface area (Å²) in [6.07, 6.45) is 0. The van der Waals surface area contributed by atoms with Crippen LogP contribution in [0.1, 0.15) is 0 Å². The molecule has 0 rings (SSSR count). The molecule has 0 aromatic heterocycles. The van der Waals surface area contributed by atoms with Crippen molar-refractivity contribution in [3.8, 4) is 0 Å². The molecule has 0 spiro atoms. The van der Waals surface area contributed by atoms with E-state index in [4.69, 9.17) is 11.5 Å². The van der Waals surface area contributed by atoms with Gasteiger partial charge in [0.05, 0.1) is 0 Å². The molecule has 0 aromatic rings. The first-order chi connectivity index (χ1) is 2.56. The molecule has 0 fully saturated rings. The van der Waals surface area contributed by atoms with Crippen molar-refractivity contribution in [3.63, 3.8) is 0 Å². The Labute approximate surface area is 44.7 Å². The van der Waals surface area contributed by atoms with Gasteiger partial charge in [-0.3, -0.25) is 0 Å². The second-order valence-corrected chi connectivity index (χ2v) is 2.65. The summed E-state index contributed by atoms with van der Waals surface area (Å²) in [6, 6.07) is 0. The van der Waals surface area contributed by atoms with Crippen LogP contribution in [0.25, 0.3) is 0 Å². The maximum atomic E-state index is 5.45. The van der Waals surface area contributed by atoms with E-state index in [1.807, 2.05) is 21.1 Å². The predicted molar refractivity (Wildman–Crippen MR) is 31.0 cm³/mol. The third-order valence-corrected chi connectivity index (χ3v) is 1.08. The molecule has 6 heavy (non-hydrogen) atoms. The van der Waals surface area contributed by atoms with Crippen molar-refractivity contribution >= 4 is 18.3 Å². The first-order valence-electron chi connectivity index (χ1n) is 1.93. The average molecular weight is 106 g/mol. The highest BCUT2D eigenvalue weighted by atomic mass is 35.5. The second kappa shape index (κ2) is 1.85. The third kappa shape index (κ3) is 4.31. The Kier molecular flexibility index (Phi) is 1.95. The molecular weight excluding hydrogens is 96.3 g/mol. The van der Waals surface area contributed by atoms with Gasteiger partial charge in [-0.05, 0) is 0 Å². The summed E-state index contributed by atoms with van der Waals surface area (Å²) in [5.74, 6) is 0. The molecule has 36 valence electrons. The number of hydrogen-bond donors (Lipinski definition) is 0. The number of hydrogen-bond acceptors (Lipinski definition) is 0. The van der Waals surface area contributed by atoms with Gasteiger partial charge in [-0.1, -0.05) is 0 Å². The summed E-state index contributed by atoms with van der Waals surface area (Å²) in [5, 5.41) is 0. The lowest BCUT2D eigenvalue weighted by atomic mass is 10.3. The van der Waals surface area contributed by atoms with E-state index in [0.717, 1.165) is 4.39 Å². The fourth-order valence-corrected chi connectivity index (χ4v) is 0. The van der Waals surface area contributed by atoms with E-state index in [-0.39, 0.29) is 0 Å². The summed E-state index contributed by atoms with van der Waals surface area (Å²) >= 11 is 5.45. The van der Waals surface area contributed by atoms with Crippen molar-refractivity contribution in [2.45, 2.75) is 0 Å². The molecule has 0 heterocycles. The predicted octanol–water partition coefficient (Wildman–Crippen LogP) is 0.198. The summed E-state index contributed by atoms with van der Waals surface area (Å²) in [4.78, 5) is 0. The van der Waals surface area contributed by atoms with Gasteiger partial charge in [-0.25, -0.2) is 0 Å². The molecule has 0 saturated heterocycles. The summed E-state index contributed by atoms with van der Waals surface area (Å²) in [5.41, 5.74) is 0. The zero-order chi connectivity index (χ0) is 5.21. The maximum absolute atomic E-state index is 5.45. The van der Waals surface area contributed by atoms with Gasteiger partial charge < -0.3 is 4.39 Å². The Bertz CT molecular complexity index is 40.5. The van der Waals surface area contributed by atoms with E-state index in [1.165, 1.54) is 0 Å². The van der Waals surface area contributed by atoms with Crippen LogP contribution < -0.4 is 0 Å². The lowest BCUT2D eigenvalue weighted by Crippen LogP contribution is -2.35. The lowest BCUT2D eigenvalue weighted by molar-refractivity contribution is -0.752. The Morgan fingerprint density at radius 1 is 1.33 bits per heavy atom. The smallest absolute Gasteiger partial charge is 0.390 e. The number of quaternary nitrogens is 1. The van der Waals surface area contributed by atoms with Gasteiger partial charge in [0.25, 0.3) is 0 Å². The summed E-state index contributed by atoms with van der Waals surface area (Å²) in [7, 11) is 6.15. The highest BCUT2D eigenvalue weighted by molar-refractivity contribution is 6.89. The highest BCUT2D eigenvalue weighted by Gasteiger charge is 2.04. The van der Waals surface area contributed by atoms with Crippen LogP contribution in [0, 0.1) is 0 Å². The maximum Gasteiger partial charge on any atom is 0.496 e. The molecule has 0 aliphatic rings. The molecule has 0 aliphatic heterocycles. The standard InChI is InChI=1S/C3H10BClN/c1-6(2,3)4-5/h4H,1-3H3/q+1. The van der Waals surface area contributed by atoms with Gasteiger partial charge in [0.15, 0.2) is 0 Å². The molecule has 0 atom stereocenters. The van der Waals surface area contributed by atoms with Crippen LogP contribution >= 0.6 is 11.5 Å². The molecule has 0 amide bonds. The molecule has 0 bridgehead atoms. The van der Waals surface area contributed by atoms with Gasteiger partial charge in [0.1, 0.15) is 0 Å². The van der Waals surface area contributed by atoms with E-state index in [0.29, 0.717) is 6.83 Å². The van der Waals surface area contributed by atoms with Gasteiger partial charge in [0.2, 0.25) is 0 Å². The van der Waals surface area contributed by atoms with Crippen molar-refractivity contribution in [1.29, 1.82) is 0 Å². The lowest BCUT2D eigenvalue weighted by Gasteiger charge is -2.18. The van der Waals surface area contributed by atoms with Crippen LogP contribution in [-0.4, -0.2) is 32.4 Å². The first kappa shape index (κ1) is 6.31. The van der Waals surface area contributed by atoms with Crippen LogP contribution in [0.3, 0.4) is 0 Å². The highest BCUT2D eigenvalue weighted by Crippen LogP contribution is 1.85. The van der Waals surface area contributed by atoms with Crippen molar-refractivity contribution in [2.24, 2.45) is 0 Å². The van der Waals surface area contributed by atoms with Gasteiger partial charge in [-0.15, -0.1) is 11.5 Å². The van der Waals surface area contributed by atoms with Crippen LogP contribution in [0.2, 0.25) is 0 Å². The fourth-order valence-electron chi connectivity index (χ4n) is 0. The Morgan fingerprint density at radius 2 is 1.50 bits per heavy atom. The Morgan fingerprint density at radius 3 is 1.50 bits per heavy atom. The largest absolute Gasteiger partial charge is 0.496 e. The van der Waals surface area contributed by atoms with E-state index in [2.05, 4.69) is 0 Å². The van der Waals surface area contributed by atoms with Gasteiger partial charge in [0, 0.05) is 21.1 Å². The Hall–Kier alpha value is 0.315. The second-order valence-electron chi connectivity index (χ2n) is 2.41. The molecular formula is C3H10BClN+. The number of rotatable bonds is 1. The van der Waals surface area contributed by atoms with Crippen molar-refractivity contribution in [1.82, 2.24) is 0 Å². The minimum atomic E-state index is 0.681. The van der Waals surface area contributed by atoms with Crippen LogP contribution in [0.4, 0.5) is 0 Å². The zero-order valence-electron chi connectivity index (χ0n) is 4.53. The molecule has 0 saturated carbocycles. The minimum absolute atomic E-state index is 0.681. The third-order valence-electron chi connectivity index (χ3n) is 0.359. The van der Waals surface area contributed by atoms with E-state index < -0.39 is 0 Å². The minimum Gasteiger partial charge on any atom is -0.390 e. The van der Waals surface area contributed by atoms with E-state index in [1.54, 1.807) is 0 Å². The number of nitrogens with zero attached hydrogens (tertiary/aromatic N) is 1. The summed E-state index contributed by atoms with van der Waals surface area (Å²) < 4.78 is 0.835. The average Bonchev–Trinajstić information content (AvgIpc) is 1.35. The normalized spacial score (nSPS) is 11.3. The molecule has 0 aliphatic carbocycles. The van der Waals surface area contributed by atoms with Crippen LogP contribution in [0.5, 0.6) is 0 Å². The first-order valence-corrected chi connectivity index (χ1v) is 2.46. The quantitative estimate of drug-likeness (QED) is 0.419. The van der Waals surface area contributed by atoms with Gasteiger partial charge in [-0.2, -0.15) is 0 Å². The molecule has 0 radical (unpaired) electrons. The van der Waals surface area contributed by atoms with Crippen LogP contribution in [-0.2, 0) is 0 Å². The van der Waals surface area contributed by atoms with Crippen LogP contribution in [0.15, 0.2) is 0 Å². The molecule has 0 aromatic carbocycles. The molecule has 1 nitrogen and oxygen atoms in total. The topological polar surface area (TPSA) is 0 Å². The molecule has 0 N–H and O–H groups in total. The van der Waals surface area contributed by atoms with Crippen molar-refractivity contribution in [3.05, 3.63) is 0 Å². The monoisotopic (exact) mass is 106 g/mol. The van der Waals surface area contributed by atoms with Crippen molar-refractivity contribution < 1.29 is 4.39 Å². The van der Waals surface area contributed by atoms with Gasteiger partial charge >= 0.3 is 6.83 Å². The SMILES string of the molecule is C[N+](C)(C)BCl. The molecule has 0 unspecified atom stereocenters. The van der Waals surface area contributed by atoms with E-state index in [9.17, 15) is 0 Å².